The van der Waals surface area contributed by atoms with Crippen LogP contribution in [0.25, 0.3) is 0 Å². The monoisotopic (exact) mass is 233 g/mol. The van der Waals surface area contributed by atoms with Gasteiger partial charge in [-0.25, -0.2) is 0 Å². The average molecular weight is 233 g/mol. The lowest BCUT2D eigenvalue weighted by Crippen LogP contribution is -2.59. The lowest BCUT2D eigenvalue weighted by Gasteiger charge is -2.32. The second-order valence-corrected chi connectivity index (χ2v) is 6.58. The summed E-state index contributed by atoms with van der Waals surface area (Å²) in [6.45, 7) is 5.72. The Morgan fingerprint density at radius 1 is 1.40 bits per heavy atom. The van der Waals surface area contributed by atoms with Crippen molar-refractivity contribution in [2.75, 3.05) is 6.54 Å². The predicted molar refractivity (Wildman–Crippen MR) is 56.8 cm³/mol. The molecule has 1 saturated heterocycles. The largest absolute Gasteiger partial charge is 0.519 e. The molecule has 1 heterocycles. The maximum absolute atomic E-state index is 11.4. The van der Waals surface area contributed by atoms with Crippen molar-refractivity contribution in [1.82, 2.24) is 4.90 Å². The Morgan fingerprint density at radius 2 is 2.00 bits per heavy atom. The highest BCUT2D eigenvalue weighted by Gasteiger charge is 2.46. The molecule has 1 atom stereocenters. The third-order valence-corrected chi connectivity index (χ3v) is 4.75. The van der Waals surface area contributed by atoms with Gasteiger partial charge in [-0.15, -0.1) is 0 Å². The summed E-state index contributed by atoms with van der Waals surface area (Å²) in [6.07, 6.45) is 1.04. The van der Waals surface area contributed by atoms with E-state index in [2.05, 4.69) is 0 Å². The highest BCUT2D eigenvalue weighted by Crippen LogP contribution is 2.19. The van der Waals surface area contributed by atoms with E-state index in [1.165, 1.54) is 4.90 Å². The molecule has 2 N–H and O–H groups in total. The van der Waals surface area contributed by atoms with Crippen LogP contribution < -0.4 is 0 Å². The topological polar surface area (TPSA) is 70.0 Å². The van der Waals surface area contributed by atoms with Gasteiger partial charge >= 0.3 is 8.80 Å². The van der Waals surface area contributed by atoms with E-state index in [4.69, 9.17) is 4.43 Å². The van der Waals surface area contributed by atoms with Gasteiger partial charge in [-0.05, 0) is 27.2 Å². The average Bonchev–Trinajstić information content (AvgIpc) is 2.47. The molecule has 0 aromatic rings. The molecule has 1 aliphatic heterocycles. The molecule has 1 unspecified atom stereocenters. The van der Waals surface area contributed by atoms with Crippen molar-refractivity contribution in [2.24, 2.45) is 0 Å². The quantitative estimate of drug-likeness (QED) is 0.665. The van der Waals surface area contributed by atoms with Gasteiger partial charge in [-0.1, -0.05) is 0 Å². The zero-order valence-corrected chi connectivity index (χ0v) is 10.4. The zero-order chi connectivity index (χ0) is 11.6. The molecule has 1 amide bonds. The molecule has 5 nitrogen and oxygen atoms in total. The highest BCUT2D eigenvalue weighted by atomic mass is 28.4. The van der Waals surface area contributed by atoms with Crippen LogP contribution in [0.5, 0.6) is 0 Å². The lowest BCUT2D eigenvalue weighted by atomic mass is 10.4. The van der Waals surface area contributed by atoms with Gasteiger partial charge in [-0.3, -0.25) is 4.79 Å². The number of hydrogen-bond donors (Lipinski definition) is 2. The van der Waals surface area contributed by atoms with Crippen LogP contribution in [0.2, 0.25) is 0 Å². The molecule has 88 valence electrons. The molecule has 0 spiro atoms. The number of amides is 1. The van der Waals surface area contributed by atoms with Gasteiger partial charge in [-0.2, -0.15) is 0 Å². The number of likely N-dealkylation sites (tertiary alicyclic amines) is 1. The maximum atomic E-state index is 11.4. The molecule has 0 aromatic heterocycles. The number of carbonyl (C=O) groups excluding carboxylic acids is 1. The predicted octanol–water partition coefficient (Wildman–Crippen LogP) is -0.115. The van der Waals surface area contributed by atoms with Crippen molar-refractivity contribution < 1.29 is 18.8 Å². The summed E-state index contributed by atoms with van der Waals surface area (Å²) in [5.41, 5.74) is -0.602. The van der Waals surface area contributed by atoms with Crippen molar-refractivity contribution in [3.63, 3.8) is 0 Å². The van der Waals surface area contributed by atoms with E-state index in [0.29, 0.717) is 13.0 Å². The van der Waals surface area contributed by atoms with Gasteiger partial charge in [0.1, 0.15) is 0 Å². The molecule has 0 bridgehead atoms. The van der Waals surface area contributed by atoms with Crippen molar-refractivity contribution >= 4 is 14.7 Å². The SMILES string of the molecule is CC(C)O[Si](O)(O)C(C)N1CCCC1=O. The van der Waals surface area contributed by atoms with Gasteiger partial charge < -0.3 is 18.9 Å². The van der Waals surface area contributed by atoms with Crippen molar-refractivity contribution in [3.8, 4) is 0 Å². The van der Waals surface area contributed by atoms with E-state index in [9.17, 15) is 14.4 Å². The van der Waals surface area contributed by atoms with E-state index >= 15 is 0 Å². The minimum absolute atomic E-state index is 0.0187. The fourth-order valence-corrected chi connectivity index (χ4v) is 3.30. The van der Waals surface area contributed by atoms with Crippen LogP contribution in [0.3, 0.4) is 0 Å². The molecule has 0 saturated carbocycles. The zero-order valence-electron chi connectivity index (χ0n) is 9.43. The summed E-state index contributed by atoms with van der Waals surface area (Å²) >= 11 is 0. The van der Waals surface area contributed by atoms with Crippen LogP contribution >= 0.6 is 0 Å². The number of hydrogen-bond acceptors (Lipinski definition) is 4. The van der Waals surface area contributed by atoms with E-state index in [-0.39, 0.29) is 12.0 Å². The van der Waals surface area contributed by atoms with Gasteiger partial charge in [0.15, 0.2) is 0 Å². The molecule has 1 fully saturated rings. The Morgan fingerprint density at radius 3 is 2.40 bits per heavy atom. The minimum Gasteiger partial charge on any atom is -0.389 e. The van der Waals surface area contributed by atoms with Gasteiger partial charge in [0.2, 0.25) is 5.91 Å². The highest BCUT2D eigenvalue weighted by molar-refractivity contribution is 6.59. The smallest absolute Gasteiger partial charge is 0.389 e. The molecule has 1 aliphatic rings. The first kappa shape index (κ1) is 12.6. The number of nitrogens with zero attached hydrogens (tertiary/aromatic N) is 1. The maximum Gasteiger partial charge on any atom is 0.519 e. The Labute approximate surface area is 91.0 Å². The van der Waals surface area contributed by atoms with Crippen molar-refractivity contribution in [1.29, 1.82) is 0 Å². The molecule has 6 heteroatoms. The van der Waals surface area contributed by atoms with Crippen LogP contribution in [-0.2, 0) is 9.22 Å². The van der Waals surface area contributed by atoms with E-state index in [1.54, 1.807) is 20.8 Å². The second kappa shape index (κ2) is 4.61. The standard InChI is InChI=1S/C9H19NO4Si/c1-7(2)14-15(12,13)8(3)10-6-4-5-9(10)11/h7-8,12-13H,4-6H2,1-3H3. The van der Waals surface area contributed by atoms with Crippen molar-refractivity contribution in [3.05, 3.63) is 0 Å². The van der Waals surface area contributed by atoms with Crippen LogP contribution in [0.4, 0.5) is 0 Å². The fourth-order valence-electron chi connectivity index (χ4n) is 1.73. The van der Waals surface area contributed by atoms with E-state index < -0.39 is 14.5 Å². The Bertz CT molecular complexity index is 244. The second-order valence-electron chi connectivity index (χ2n) is 4.19. The third-order valence-electron chi connectivity index (χ3n) is 2.53. The van der Waals surface area contributed by atoms with E-state index in [1.807, 2.05) is 0 Å². The van der Waals surface area contributed by atoms with Gasteiger partial charge in [0.25, 0.3) is 0 Å². The molecule has 0 aliphatic carbocycles. The summed E-state index contributed by atoms with van der Waals surface area (Å²) in [5, 5.41) is 0. The van der Waals surface area contributed by atoms with Crippen LogP contribution in [0.1, 0.15) is 33.6 Å². The summed E-state index contributed by atoms with van der Waals surface area (Å²) in [7, 11) is -3.77. The molecule has 0 aromatic carbocycles. The fraction of sp³-hybridized carbons (Fsp3) is 0.889. The van der Waals surface area contributed by atoms with Crippen LogP contribution in [0.15, 0.2) is 0 Å². The Balaban J connectivity index is 2.65. The summed E-state index contributed by atoms with van der Waals surface area (Å²) < 4.78 is 5.12. The first-order valence-corrected chi connectivity index (χ1v) is 7.14. The third kappa shape index (κ3) is 3.01. The van der Waals surface area contributed by atoms with Gasteiger partial charge in [0, 0.05) is 19.1 Å². The van der Waals surface area contributed by atoms with Gasteiger partial charge in [0.05, 0.1) is 5.67 Å². The molecular weight excluding hydrogens is 214 g/mol. The molecule has 15 heavy (non-hydrogen) atoms. The minimum atomic E-state index is -3.77. The normalized spacial score (nSPS) is 20.1. The van der Waals surface area contributed by atoms with Crippen LogP contribution in [0, 0.1) is 0 Å². The molecule has 0 radical (unpaired) electrons. The molecular formula is C9H19NO4Si. The Hall–Kier alpha value is -0.433. The number of carbonyl (C=O) groups is 1. The summed E-state index contributed by atoms with van der Waals surface area (Å²) in [4.78, 5) is 32.5. The summed E-state index contributed by atoms with van der Waals surface area (Å²) in [6, 6.07) is 0. The Kier molecular flexibility index (Phi) is 3.88. The first-order chi connectivity index (χ1) is 6.84. The number of rotatable bonds is 4. The van der Waals surface area contributed by atoms with Crippen LogP contribution in [-0.4, -0.2) is 47.5 Å². The molecule has 1 rings (SSSR count). The van der Waals surface area contributed by atoms with E-state index in [0.717, 1.165) is 6.42 Å². The van der Waals surface area contributed by atoms with Crippen molar-refractivity contribution in [2.45, 2.75) is 45.4 Å². The summed E-state index contributed by atoms with van der Waals surface area (Å²) in [5.74, 6) is -0.0187. The first-order valence-electron chi connectivity index (χ1n) is 5.26. The lowest BCUT2D eigenvalue weighted by molar-refractivity contribution is -0.129.